The Hall–Kier alpha value is 0.270. The SMILES string of the molecule is CC(C)(CN)CCCN1CCSCC1. The van der Waals surface area contributed by atoms with Crippen molar-refractivity contribution in [3.63, 3.8) is 0 Å². The Balaban J connectivity index is 2.08. The van der Waals surface area contributed by atoms with Crippen molar-refractivity contribution in [1.29, 1.82) is 0 Å². The summed E-state index contributed by atoms with van der Waals surface area (Å²) in [4.78, 5) is 2.59. The van der Waals surface area contributed by atoms with Crippen LogP contribution in [0.2, 0.25) is 0 Å². The van der Waals surface area contributed by atoms with E-state index < -0.39 is 0 Å². The van der Waals surface area contributed by atoms with Crippen LogP contribution >= 0.6 is 11.8 Å². The highest BCUT2D eigenvalue weighted by Crippen LogP contribution is 2.20. The van der Waals surface area contributed by atoms with Crippen LogP contribution in [0, 0.1) is 5.41 Å². The summed E-state index contributed by atoms with van der Waals surface area (Å²) >= 11 is 2.08. The van der Waals surface area contributed by atoms with Crippen LogP contribution < -0.4 is 5.73 Å². The molecular weight excluding hydrogens is 192 g/mol. The molecule has 2 nitrogen and oxygen atoms in total. The monoisotopic (exact) mass is 216 g/mol. The lowest BCUT2D eigenvalue weighted by Crippen LogP contribution is -2.34. The molecule has 0 aromatic heterocycles. The van der Waals surface area contributed by atoms with Gasteiger partial charge < -0.3 is 10.6 Å². The van der Waals surface area contributed by atoms with E-state index in [1.807, 2.05) is 0 Å². The van der Waals surface area contributed by atoms with Crippen molar-refractivity contribution in [1.82, 2.24) is 4.90 Å². The second-order valence-corrected chi connectivity index (χ2v) is 6.15. The second-order valence-electron chi connectivity index (χ2n) is 4.93. The van der Waals surface area contributed by atoms with Gasteiger partial charge in [-0.05, 0) is 31.3 Å². The first-order chi connectivity index (χ1) is 6.64. The molecule has 1 aliphatic heterocycles. The minimum atomic E-state index is 0.338. The van der Waals surface area contributed by atoms with Gasteiger partial charge >= 0.3 is 0 Å². The molecule has 0 aromatic carbocycles. The summed E-state index contributed by atoms with van der Waals surface area (Å²) in [5.41, 5.74) is 6.05. The maximum Gasteiger partial charge on any atom is 0.00727 e. The Bertz CT molecular complexity index is 153. The van der Waals surface area contributed by atoms with Gasteiger partial charge in [-0.1, -0.05) is 13.8 Å². The number of rotatable bonds is 5. The van der Waals surface area contributed by atoms with E-state index in [0.29, 0.717) is 5.41 Å². The predicted molar refractivity (Wildman–Crippen MR) is 65.8 cm³/mol. The van der Waals surface area contributed by atoms with Crippen LogP contribution in [0.15, 0.2) is 0 Å². The van der Waals surface area contributed by atoms with E-state index in [2.05, 4.69) is 30.5 Å². The Morgan fingerprint density at radius 3 is 2.50 bits per heavy atom. The highest BCUT2D eigenvalue weighted by Gasteiger charge is 2.16. The molecule has 0 atom stereocenters. The van der Waals surface area contributed by atoms with Gasteiger partial charge in [0, 0.05) is 24.6 Å². The molecule has 0 aliphatic carbocycles. The summed E-state index contributed by atoms with van der Waals surface area (Å²) in [5, 5.41) is 0. The van der Waals surface area contributed by atoms with Crippen LogP contribution in [0.4, 0.5) is 0 Å². The summed E-state index contributed by atoms with van der Waals surface area (Å²) in [5.74, 6) is 2.64. The molecule has 0 radical (unpaired) electrons. The van der Waals surface area contributed by atoms with E-state index in [1.54, 1.807) is 0 Å². The van der Waals surface area contributed by atoms with Gasteiger partial charge in [-0.25, -0.2) is 0 Å². The standard InChI is InChI=1S/C11H24N2S/c1-11(2,10-12)4-3-5-13-6-8-14-9-7-13/h3-10,12H2,1-2H3. The molecule has 1 aliphatic rings. The molecule has 0 bridgehead atoms. The van der Waals surface area contributed by atoms with Gasteiger partial charge in [0.1, 0.15) is 0 Å². The van der Waals surface area contributed by atoms with Gasteiger partial charge in [-0.2, -0.15) is 11.8 Å². The number of thioether (sulfide) groups is 1. The third-order valence-corrected chi connectivity index (χ3v) is 3.93. The van der Waals surface area contributed by atoms with Crippen molar-refractivity contribution in [2.75, 3.05) is 37.7 Å². The summed E-state index contributed by atoms with van der Waals surface area (Å²) in [6, 6.07) is 0. The van der Waals surface area contributed by atoms with Crippen LogP contribution in [0.1, 0.15) is 26.7 Å². The van der Waals surface area contributed by atoms with Crippen molar-refractivity contribution in [3.05, 3.63) is 0 Å². The van der Waals surface area contributed by atoms with E-state index in [-0.39, 0.29) is 0 Å². The molecule has 0 unspecified atom stereocenters. The number of nitrogens with two attached hydrogens (primary N) is 1. The van der Waals surface area contributed by atoms with Gasteiger partial charge in [-0.15, -0.1) is 0 Å². The molecule has 1 saturated heterocycles. The second kappa shape index (κ2) is 5.99. The topological polar surface area (TPSA) is 29.3 Å². The Morgan fingerprint density at radius 1 is 1.29 bits per heavy atom. The van der Waals surface area contributed by atoms with E-state index >= 15 is 0 Å². The lowest BCUT2D eigenvalue weighted by Gasteiger charge is -2.28. The van der Waals surface area contributed by atoms with E-state index in [9.17, 15) is 0 Å². The highest BCUT2D eigenvalue weighted by molar-refractivity contribution is 7.99. The van der Waals surface area contributed by atoms with Crippen molar-refractivity contribution in [3.8, 4) is 0 Å². The molecule has 1 rings (SSSR count). The van der Waals surface area contributed by atoms with Crippen molar-refractivity contribution in [2.24, 2.45) is 11.1 Å². The van der Waals surface area contributed by atoms with Crippen LogP contribution in [0.3, 0.4) is 0 Å². The molecule has 2 N–H and O–H groups in total. The average Bonchev–Trinajstić information content (AvgIpc) is 2.19. The van der Waals surface area contributed by atoms with Crippen LogP contribution in [0.5, 0.6) is 0 Å². The van der Waals surface area contributed by atoms with Gasteiger partial charge in [0.25, 0.3) is 0 Å². The smallest absolute Gasteiger partial charge is 0.00727 e. The minimum Gasteiger partial charge on any atom is -0.330 e. The maximum absolute atomic E-state index is 5.71. The third-order valence-electron chi connectivity index (χ3n) is 2.98. The van der Waals surface area contributed by atoms with Crippen LogP contribution in [-0.4, -0.2) is 42.6 Å². The number of hydrogen-bond donors (Lipinski definition) is 1. The van der Waals surface area contributed by atoms with Crippen molar-refractivity contribution < 1.29 is 0 Å². The van der Waals surface area contributed by atoms with E-state index in [4.69, 9.17) is 5.73 Å². The Kier molecular flexibility index (Phi) is 5.28. The zero-order valence-electron chi connectivity index (χ0n) is 9.59. The zero-order chi connectivity index (χ0) is 10.4. The first-order valence-corrected chi connectivity index (χ1v) is 6.80. The molecule has 3 heteroatoms. The Morgan fingerprint density at radius 2 is 1.93 bits per heavy atom. The van der Waals surface area contributed by atoms with Crippen molar-refractivity contribution in [2.45, 2.75) is 26.7 Å². The van der Waals surface area contributed by atoms with Gasteiger partial charge in [0.05, 0.1) is 0 Å². The first kappa shape index (κ1) is 12.3. The largest absolute Gasteiger partial charge is 0.330 e. The molecule has 84 valence electrons. The van der Waals surface area contributed by atoms with Gasteiger partial charge in [0.2, 0.25) is 0 Å². The fraction of sp³-hybridized carbons (Fsp3) is 1.00. The summed E-state index contributed by atoms with van der Waals surface area (Å²) in [7, 11) is 0. The average molecular weight is 216 g/mol. The maximum atomic E-state index is 5.71. The molecule has 0 aromatic rings. The lowest BCUT2D eigenvalue weighted by molar-refractivity contribution is 0.260. The molecule has 1 fully saturated rings. The minimum absolute atomic E-state index is 0.338. The Labute approximate surface area is 92.6 Å². The summed E-state index contributed by atoms with van der Waals surface area (Å²) in [6.07, 6.45) is 2.56. The first-order valence-electron chi connectivity index (χ1n) is 5.64. The van der Waals surface area contributed by atoms with Gasteiger partial charge in [0.15, 0.2) is 0 Å². The van der Waals surface area contributed by atoms with Crippen LogP contribution in [-0.2, 0) is 0 Å². The van der Waals surface area contributed by atoms with Gasteiger partial charge in [-0.3, -0.25) is 0 Å². The third kappa shape index (κ3) is 4.67. The predicted octanol–water partition coefficient (Wildman–Crippen LogP) is 1.80. The fourth-order valence-electron chi connectivity index (χ4n) is 1.71. The van der Waals surface area contributed by atoms with E-state index in [1.165, 1.54) is 44.0 Å². The molecule has 1 heterocycles. The van der Waals surface area contributed by atoms with Crippen molar-refractivity contribution >= 4 is 11.8 Å². The molecular formula is C11H24N2S. The number of nitrogens with zero attached hydrogens (tertiary/aromatic N) is 1. The normalized spacial score (nSPS) is 19.9. The molecule has 0 amide bonds. The molecule has 14 heavy (non-hydrogen) atoms. The highest BCUT2D eigenvalue weighted by atomic mass is 32.2. The molecule has 0 saturated carbocycles. The summed E-state index contributed by atoms with van der Waals surface area (Å²) in [6.45, 7) is 9.17. The number of hydrogen-bond acceptors (Lipinski definition) is 3. The van der Waals surface area contributed by atoms with Crippen LogP contribution in [0.25, 0.3) is 0 Å². The molecule has 0 spiro atoms. The fourth-order valence-corrected chi connectivity index (χ4v) is 2.69. The van der Waals surface area contributed by atoms with E-state index in [0.717, 1.165) is 6.54 Å². The summed E-state index contributed by atoms with van der Waals surface area (Å²) < 4.78 is 0. The quantitative estimate of drug-likeness (QED) is 0.760. The zero-order valence-corrected chi connectivity index (χ0v) is 10.4. The lowest BCUT2D eigenvalue weighted by atomic mass is 9.88.